The molecule has 6 heteroatoms. The van der Waals surface area contributed by atoms with Crippen LogP contribution in [-0.2, 0) is 6.54 Å². The molecule has 1 aliphatic heterocycles. The summed E-state index contributed by atoms with van der Waals surface area (Å²) in [6.45, 7) is 3.29. The summed E-state index contributed by atoms with van der Waals surface area (Å²) in [5.41, 5.74) is 0. The highest BCUT2D eigenvalue weighted by Crippen LogP contribution is 2.25. The molecular weight excluding hydrogens is 202 g/mol. The molecule has 1 N–H and O–H groups in total. The Hall–Kier alpha value is -1.04. The summed E-state index contributed by atoms with van der Waals surface area (Å²) in [7, 11) is 0. The van der Waals surface area contributed by atoms with Crippen molar-refractivity contribution < 1.29 is 8.78 Å². The SMILES string of the molecule is CCCC1NCCn2c(C(F)F)nnc21. The number of aromatic nitrogens is 3. The minimum Gasteiger partial charge on any atom is -0.308 e. The maximum absolute atomic E-state index is 12.6. The van der Waals surface area contributed by atoms with Gasteiger partial charge in [0.1, 0.15) is 5.82 Å². The molecule has 1 atom stereocenters. The molecule has 2 heterocycles. The molecule has 0 aromatic carbocycles. The standard InChI is InChI=1S/C9H14F2N4/c1-2-3-6-8-13-14-9(7(10)11)15(8)5-4-12-6/h6-7,12H,2-5H2,1H3. The molecule has 15 heavy (non-hydrogen) atoms. The summed E-state index contributed by atoms with van der Waals surface area (Å²) in [4.78, 5) is 0. The van der Waals surface area contributed by atoms with E-state index in [2.05, 4.69) is 22.4 Å². The van der Waals surface area contributed by atoms with Crippen molar-refractivity contribution in [1.82, 2.24) is 20.1 Å². The maximum Gasteiger partial charge on any atom is 0.297 e. The van der Waals surface area contributed by atoms with Gasteiger partial charge in [0.05, 0.1) is 6.04 Å². The van der Waals surface area contributed by atoms with Gasteiger partial charge in [-0.1, -0.05) is 13.3 Å². The van der Waals surface area contributed by atoms with Gasteiger partial charge >= 0.3 is 0 Å². The van der Waals surface area contributed by atoms with Gasteiger partial charge in [-0.2, -0.15) is 0 Å². The van der Waals surface area contributed by atoms with E-state index >= 15 is 0 Å². The summed E-state index contributed by atoms with van der Waals surface area (Å²) in [6, 6.07) is 0.0729. The van der Waals surface area contributed by atoms with E-state index < -0.39 is 6.43 Å². The monoisotopic (exact) mass is 216 g/mol. The molecule has 1 unspecified atom stereocenters. The van der Waals surface area contributed by atoms with E-state index in [1.165, 1.54) is 0 Å². The Morgan fingerprint density at radius 2 is 2.33 bits per heavy atom. The van der Waals surface area contributed by atoms with Crippen molar-refractivity contribution >= 4 is 0 Å². The molecule has 0 bridgehead atoms. The van der Waals surface area contributed by atoms with Gasteiger partial charge in [-0.3, -0.25) is 0 Å². The van der Waals surface area contributed by atoms with Crippen molar-refractivity contribution in [3.05, 3.63) is 11.6 Å². The van der Waals surface area contributed by atoms with Crippen LogP contribution in [-0.4, -0.2) is 21.3 Å². The van der Waals surface area contributed by atoms with E-state index in [1.807, 2.05) is 0 Å². The van der Waals surface area contributed by atoms with Crippen LogP contribution in [0.4, 0.5) is 8.78 Å². The largest absolute Gasteiger partial charge is 0.308 e. The second-order valence-corrected chi connectivity index (χ2v) is 3.66. The first kappa shape index (κ1) is 10.5. The molecule has 84 valence electrons. The third kappa shape index (κ3) is 1.86. The lowest BCUT2D eigenvalue weighted by atomic mass is 10.1. The Balaban J connectivity index is 2.29. The lowest BCUT2D eigenvalue weighted by Crippen LogP contribution is -2.34. The zero-order chi connectivity index (χ0) is 10.8. The van der Waals surface area contributed by atoms with Crippen LogP contribution < -0.4 is 5.32 Å². The zero-order valence-corrected chi connectivity index (χ0v) is 8.58. The van der Waals surface area contributed by atoms with Crippen LogP contribution in [0.5, 0.6) is 0 Å². The first-order chi connectivity index (χ1) is 7.24. The van der Waals surface area contributed by atoms with Crippen LogP contribution in [0.15, 0.2) is 0 Å². The molecule has 0 spiro atoms. The minimum absolute atomic E-state index is 0.0729. The average Bonchev–Trinajstić information content (AvgIpc) is 2.62. The molecule has 0 saturated heterocycles. The lowest BCUT2D eigenvalue weighted by Gasteiger charge is -2.24. The Bertz CT molecular complexity index is 337. The van der Waals surface area contributed by atoms with Crippen molar-refractivity contribution in [2.75, 3.05) is 6.54 Å². The van der Waals surface area contributed by atoms with E-state index in [0.717, 1.165) is 12.8 Å². The summed E-state index contributed by atoms with van der Waals surface area (Å²) in [6.07, 6.45) is -0.637. The number of hydrogen-bond donors (Lipinski definition) is 1. The van der Waals surface area contributed by atoms with Gasteiger partial charge in [-0.15, -0.1) is 10.2 Å². The molecule has 0 amide bonds. The van der Waals surface area contributed by atoms with Crippen molar-refractivity contribution in [2.45, 2.75) is 38.8 Å². The quantitative estimate of drug-likeness (QED) is 0.835. The van der Waals surface area contributed by atoms with Crippen LogP contribution in [0.25, 0.3) is 0 Å². The first-order valence-corrected chi connectivity index (χ1v) is 5.18. The highest BCUT2D eigenvalue weighted by atomic mass is 19.3. The zero-order valence-electron chi connectivity index (χ0n) is 8.58. The summed E-state index contributed by atoms with van der Waals surface area (Å²) >= 11 is 0. The Morgan fingerprint density at radius 1 is 1.53 bits per heavy atom. The topological polar surface area (TPSA) is 42.7 Å². The highest BCUT2D eigenvalue weighted by Gasteiger charge is 2.27. The Morgan fingerprint density at radius 3 is 3.00 bits per heavy atom. The molecule has 1 aliphatic rings. The van der Waals surface area contributed by atoms with Crippen LogP contribution in [0.3, 0.4) is 0 Å². The number of fused-ring (bicyclic) bond motifs is 1. The van der Waals surface area contributed by atoms with Crippen LogP contribution in [0.2, 0.25) is 0 Å². The van der Waals surface area contributed by atoms with Gasteiger partial charge < -0.3 is 9.88 Å². The molecule has 1 aromatic heterocycles. The number of hydrogen-bond acceptors (Lipinski definition) is 3. The van der Waals surface area contributed by atoms with E-state index in [4.69, 9.17) is 0 Å². The summed E-state index contributed by atoms with van der Waals surface area (Å²) in [5.74, 6) is 0.450. The smallest absolute Gasteiger partial charge is 0.297 e. The van der Waals surface area contributed by atoms with Crippen molar-refractivity contribution in [3.8, 4) is 0 Å². The molecular formula is C9H14F2N4. The summed E-state index contributed by atoms with van der Waals surface area (Å²) < 4.78 is 26.7. The minimum atomic E-state index is -2.54. The molecule has 0 fully saturated rings. The van der Waals surface area contributed by atoms with Gasteiger partial charge in [0.15, 0.2) is 5.82 Å². The van der Waals surface area contributed by atoms with Gasteiger partial charge in [-0.25, -0.2) is 8.78 Å². The predicted molar refractivity (Wildman–Crippen MR) is 50.6 cm³/mol. The number of nitrogens with one attached hydrogen (secondary N) is 1. The van der Waals surface area contributed by atoms with Crippen LogP contribution in [0.1, 0.15) is 43.9 Å². The molecule has 2 rings (SSSR count). The number of nitrogens with zero attached hydrogens (tertiary/aromatic N) is 3. The number of rotatable bonds is 3. The van der Waals surface area contributed by atoms with E-state index in [9.17, 15) is 8.78 Å². The molecule has 0 aliphatic carbocycles. The Kier molecular flexibility index (Phi) is 2.95. The first-order valence-electron chi connectivity index (χ1n) is 5.18. The molecule has 1 aromatic rings. The van der Waals surface area contributed by atoms with Crippen molar-refractivity contribution in [2.24, 2.45) is 0 Å². The van der Waals surface area contributed by atoms with Crippen molar-refractivity contribution in [3.63, 3.8) is 0 Å². The number of halogens is 2. The Labute approximate surface area is 86.7 Å². The van der Waals surface area contributed by atoms with Gasteiger partial charge in [0, 0.05) is 13.1 Å². The van der Waals surface area contributed by atoms with Crippen molar-refractivity contribution in [1.29, 1.82) is 0 Å². The van der Waals surface area contributed by atoms with Gasteiger partial charge in [0.2, 0.25) is 0 Å². The fourth-order valence-corrected chi connectivity index (χ4v) is 1.94. The molecule has 0 saturated carbocycles. The van der Waals surface area contributed by atoms with Gasteiger partial charge in [0.25, 0.3) is 6.43 Å². The van der Waals surface area contributed by atoms with E-state index in [-0.39, 0.29) is 11.9 Å². The number of alkyl halides is 2. The third-order valence-electron chi connectivity index (χ3n) is 2.62. The van der Waals surface area contributed by atoms with Crippen LogP contribution in [0, 0.1) is 0 Å². The van der Waals surface area contributed by atoms with E-state index in [1.54, 1.807) is 4.57 Å². The second-order valence-electron chi connectivity index (χ2n) is 3.66. The second kappa shape index (κ2) is 4.22. The third-order valence-corrected chi connectivity index (χ3v) is 2.62. The predicted octanol–water partition coefficient (Wildman–Crippen LogP) is 1.66. The van der Waals surface area contributed by atoms with Gasteiger partial charge in [-0.05, 0) is 6.42 Å². The maximum atomic E-state index is 12.6. The summed E-state index contributed by atoms with van der Waals surface area (Å²) in [5, 5.41) is 10.7. The normalized spacial score (nSPS) is 20.7. The van der Waals surface area contributed by atoms with Crippen LogP contribution >= 0.6 is 0 Å². The lowest BCUT2D eigenvalue weighted by molar-refractivity contribution is 0.133. The fourth-order valence-electron chi connectivity index (χ4n) is 1.94. The molecule has 4 nitrogen and oxygen atoms in total. The average molecular weight is 216 g/mol. The highest BCUT2D eigenvalue weighted by molar-refractivity contribution is 5.05. The fraction of sp³-hybridized carbons (Fsp3) is 0.778. The van der Waals surface area contributed by atoms with E-state index in [0.29, 0.717) is 18.9 Å². The molecule has 0 radical (unpaired) electrons.